The fourth-order valence-electron chi connectivity index (χ4n) is 2.09. The molecule has 2 heterocycles. The van der Waals surface area contributed by atoms with Crippen LogP contribution in [0.15, 0.2) is 27.6 Å². The van der Waals surface area contributed by atoms with Gasteiger partial charge in [-0.3, -0.25) is 9.71 Å². The van der Waals surface area contributed by atoms with Crippen molar-refractivity contribution in [2.24, 2.45) is 5.73 Å². The van der Waals surface area contributed by atoms with Crippen LogP contribution in [0.2, 0.25) is 0 Å². The number of aryl methyl sites for hydroxylation is 3. The van der Waals surface area contributed by atoms with Gasteiger partial charge in [0.05, 0.1) is 11.4 Å². The number of nitrogens with two attached hydrogens (primary N) is 1. The van der Waals surface area contributed by atoms with Gasteiger partial charge in [0.25, 0.3) is 10.0 Å². The molecule has 0 atom stereocenters. The number of nitrogens with one attached hydrogen (secondary N) is 1. The number of anilines is 1. The number of aromatic nitrogens is 1. The zero-order chi connectivity index (χ0) is 14.9. The summed E-state index contributed by atoms with van der Waals surface area (Å²) in [7, 11) is -3.75. The molecule has 108 valence electrons. The van der Waals surface area contributed by atoms with Crippen LogP contribution in [0.5, 0.6) is 0 Å². The van der Waals surface area contributed by atoms with E-state index in [1.807, 2.05) is 0 Å². The fourth-order valence-corrected chi connectivity index (χ4v) is 3.66. The van der Waals surface area contributed by atoms with Crippen LogP contribution >= 0.6 is 0 Å². The van der Waals surface area contributed by atoms with Gasteiger partial charge in [-0.1, -0.05) is 0 Å². The predicted molar refractivity (Wildman–Crippen MR) is 75.9 cm³/mol. The number of nitrogens with zero attached hydrogens (tertiary/aromatic N) is 1. The summed E-state index contributed by atoms with van der Waals surface area (Å²) in [6.45, 7) is 5.14. The Kier molecular flexibility index (Phi) is 3.82. The average molecular weight is 295 g/mol. The van der Waals surface area contributed by atoms with Crippen molar-refractivity contribution < 1.29 is 12.8 Å². The van der Waals surface area contributed by atoms with Gasteiger partial charge in [0.15, 0.2) is 0 Å². The molecule has 0 spiro atoms. The third-order valence-corrected chi connectivity index (χ3v) is 4.61. The predicted octanol–water partition coefficient (Wildman–Crippen LogP) is 1.86. The van der Waals surface area contributed by atoms with E-state index in [0.29, 0.717) is 28.5 Å². The summed E-state index contributed by atoms with van der Waals surface area (Å²) in [4.78, 5) is 4.16. The Labute approximate surface area is 118 Å². The van der Waals surface area contributed by atoms with Gasteiger partial charge in [-0.25, -0.2) is 8.42 Å². The molecule has 7 heteroatoms. The van der Waals surface area contributed by atoms with Gasteiger partial charge < -0.3 is 10.2 Å². The zero-order valence-electron chi connectivity index (χ0n) is 11.6. The third-order valence-electron chi connectivity index (χ3n) is 3.05. The molecule has 2 rings (SSSR count). The summed E-state index contributed by atoms with van der Waals surface area (Å²) in [6.07, 6.45) is 1.60. The van der Waals surface area contributed by atoms with Gasteiger partial charge >= 0.3 is 0 Å². The molecule has 0 saturated carbocycles. The Bertz CT molecular complexity index is 735. The lowest BCUT2D eigenvalue weighted by Gasteiger charge is -2.10. The van der Waals surface area contributed by atoms with Crippen LogP contribution < -0.4 is 10.5 Å². The third kappa shape index (κ3) is 2.54. The maximum atomic E-state index is 12.5. The van der Waals surface area contributed by atoms with Crippen molar-refractivity contribution in [3.05, 3.63) is 41.1 Å². The molecule has 0 amide bonds. The Morgan fingerprint density at radius 2 is 2.00 bits per heavy atom. The van der Waals surface area contributed by atoms with Crippen LogP contribution in [0.4, 0.5) is 5.69 Å². The molecule has 0 unspecified atom stereocenters. The minimum absolute atomic E-state index is 0.103. The first-order valence-electron chi connectivity index (χ1n) is 6.10. The quantitative estimate of drug-likeness (QED) is 0.897. The molecule has 20 heavy (non-hydrogen) atoms. The summed E-state index contributed by atoms with van der Waals surface area (Å²) in [5.74, 6) is 0.852. The second kappa shape index (κ2) is 5.26. The van der Waals surface area contributed by atoms with Gasteiger partial charge in [0.1, 0.15) is 16.4 Å². The molecular weight excluding hydrogens is 278 g/mol. The van der Waals surface area contributed by atoms with Crippen molar-refractivity contribution in [3.63, 3.8) is 0 Å². The summed E-state index contributed by atoms with van der Waals surface area (Å²) in [5.41, 5.74) is 7.16. The van der Waals surface area contributed by atoms with E-state index in [-0.39, 0.29) is 11.4 Å². The van der Waals surface area contributed by atoms with E-state index in [1.54, 1.807) is 39.1 Å². The van der Waals surface area contributed by atoms with E-state index >= 15 is 0 Å². The van der Waals surface area contributed by atoms with Gasteiger partial charge in [-0.2, -0.15) is 0 Å². The summed E-state index contributed by atoms with van der Waals surface area (Å²) in [5, 5.41) is 0. The monoisotopic (exact) mass is 295 g/mol. The van der Waals surface area contributed by atoms with Crippen LogP contribution in [-0.2, 0) is 16.6 Å². The SMILES string of the molecule is Cc1ncccc1NS(=O)(=O)c1c(C)oc(C)c1CN. The zero-order valence-corrected chi connectivity index (χ0v) is 12.4. The van der Waals surface area contributed by atoms with Crippen molar-refractivity contribution in [3.8, 4) is 0 Å². The van der Waals surface area contributed by atoms with E-state index < -0.39 is 10.0 Å². The minimum Gasteiger partial charge on any atom is -0.465 e. The van der Waals surface area contributed by atoms with Crippen molar-refractivity contribution >= 4 is 15.7 Å². The molecule has 0 aromatic carbocycles. The van der Waals surface area contributed by atoms with Crippen molar-refractivity contribution in [1.82, 2.24) is 4.98 Å². The first-order valence-corrected chi connectivity index (χ1v) is 7.58. The molecule has 0 bridgehead atoms. The van der Waals surface area contributed by atoms with E-state index in [2.05, 4.69) is 9.71 Å². The van der Waals surface area contributed by atoms with Crippen molar-refractivity contribution in [2.45, 2.75) is 32.2 Å². The molecule has 0 aliphatic carbocycles. The number of sulfonamides is 1. The van der Waals surface area contributed by atoms with Crippen LogP contribution in [-0.4, -0.2) is 13.4 Å². The topological polar surface area (TPSA) is 98.2 Å². The summed E-state index contributed by atoms with van der Waals surface area (Å²) < 4.78 is 32.9. The minimum atomic E-state index is -3.75. The maximum absolute atomic E-state index is 12.5. The van der Waals surface area contributed by atoms with Crippen molar-refractivity contribution in [1.29, 1.82) is 0 Å². The number of hydrogen-bond acceptors (Lipinski definition) is 5. The standard InChI is InChI=1S/C13H17N3O3S/c1-8-12(5-4-6-15-8)16-20(17,18)13-10(3)19-9(2)11(13)7-14/h4-6,16H,7,14H2,1-3H3. The van der Waals surface area contributed by atoms with Gasteiger partial charge in [-0.15, -0.1) is 0 Å². The highest BCUT2D eigenvalue weighted by Gasteiger charge is 2.26. The smallest absolute Gasteiger partial charge is 0.265 e. The highest BCUT2D eigenvalue weighted by molar-refractivity contribution is 7.92. The van der Waals surface area contributed by atoms with E-state index in [1.165, 1.54) is 0 Å². The van der Waals surface area contributed by atoms with Crippen molar-refractivity contribution in [2.75, 3.05) is 4.72 Å². The van der Waals surface area contributed by atoms with Crippen LogP contribution in [0, 0.1) is 20.8 Å². The Morgan fingerprint density at radius 1 is 1.30 bits per heavy atom. The molecule has 3 N–H and O–H groups in total. The molecule has 0 radical (unpaired) electrons. The Hall–Kier alpha value is -1.86. The van der Waals surface area contributed by atoms with E-state index in [9.17, 15) is 8.42 Å². The number of hydrogen-bond donors (Lipinski definition) is 2. The summed E-state index contributed by atoms with van der Waals surface area (Å²) in [6, 6.07) is 3.33. The summed E-state index contributed by atoms with van der Waals surface area (Å²) >= 11 is 0. The molecule has 0 aliphatic heterocycles. The molecule has 0 aliphatic rings. The normalized spacial score (nSPS) is 11.6. The van der Waals surface area contributed by atoms with Crippen LogP contribution in [0.3, 0.4) is 0 Å². The highest BCUT2D eigenvalue weighted by atomic mass is 32.2. The van der Waals surface area contributed by atoms with E-state index in [4.69, 9.17) is 10.2 Å². The molecular formula is C13H17N3O3S. The first kappa shape index (κ1) is 14.5. The lowest BCUT2D eigenvalue weighted by Crippen LogP contribution is -2.17. The lowest BCUT2D eigenvalue weighted by molar-refractivity contribution is 0.494. The maximum Gasteiger partial charge on any atom is 0.265 e. The molecule has 0 fully saturated rings. The fraction of sp³-hybridized carbons (Fsp3) is 0.308. The Morgan fingerprint density at radius 3 is 2.60 bits per heavy atom. The number of rotatable bonds is 4. The molecule has 6 nitrogen and oxygen atoms in total. The van der Waals surface area contributed by atoms with Gasteiger partial charge in [-0.05, 0) is 32.9 Å². The second-order valence-electron chi connectivity index (χ2n) is 4.47. The highest BCUT2D eigenvalue weighted by Crippen LogP contribution is 2.28. The largest absolute Gasteiger partial charge is 0.465 e. The van der Waals surface area contributed by atoms with Gasteiger partial charge in [0.2, 0.25) is 0 Å². The first-order chi connectivity index (χ1) is 9.36. The Balaban J connectivity index is 2.49. The molecule has 2 aromatic heterocycles. The van der Waals surface area contributed by atoms with Crippen LogP contribution in [0.1, 0.15) is 22.8 Å². The molecule has 2 aromatic rings. The van der Waals surface area contributed by atoms with Crippen LogP contribution in [0.25, 0.3) is 0 Å². The average Bonchev–Trinajstić information content (AvgIpc) is 2.67. The number of furan rings is 1. The van der Waals surface area contributed by atoms with E-state index in [0.717, 1.165) is 0 Å². The molecule has 0 saturated heterocycles. The van der Waals surface area contributed by atoms with Gasteiger partial charge in [0, 0.05) is 18.3 Å². The second-order valence-corrected chi connectivity index (χ2v) is 6.09. The number of pyridine rings is 1. The lowest BCUT2D eigenvalue weighted by atomic mass is 10.2.